The predicted molar refractivity (Wildman–Crippen MR) is 271 cm³/mol. The zero-order chi connectivity index (χ0) is 48.8. The Morgan fingerprint density at radius 2 is 0.914 bits per heavy atom. The molecule has 0 fully saturated rings. The maximum absolute atomic E-state index is 14.9. The lowest BCUT2D eigenvalue weighted by Gasteiger charge is -2.20. The number of alkyl halides is 6. The van der Waals surface area contributed by atoms with Gasteiger partial charge in [-0.15, -0.1) is 0 Å². The van der Waals surface area contributed by atoms with Crippen LogP contribution >= 0.6 is 0 Å². The second kappa shape index (κ2) is 16.4. The molecule has 0 aliphatic carbocycles. The molecule has 342 valence electrons. The van der Waals surface area contributed by atoms with E-state index in [2.05, 4.69) is 116 Å². The summed E-state index contributed by atoms with van der Waals surface area (Å²) in [7, 11) is 0. The molecule has 2 aromatic heterocycles. The molecule has 2 heterocycles. The molecule has 0 aliphatic rings. The van der Waals surface area contributed by atoms with Gasteiger partial charge in [0.15, 0.2) is 0 Å². The molecule has 3 nitrogen and oxygen atoms in total. The third-order valence-electron chi connectivity index (χ3n) is 13.6. The standard InChI is InChI=1S/C61H41F6N3/c1-35-13-21-45(37(3)27-35)39-16-24-57-51(29-39)48-9-5-7-11-55(48)69(57)44-20-15-42(34-68)50(33-44)53-31-41(47-23-19-43(60(62,63)64)32-54(47)61(65,66)67)18-26-59(53)70-56-12-8-6-10-49(56)52-30-40(17-25-58(52)70)46-22-14-36(2)28-38(46)4/h5-33H,1-4H3. The number of rotatable bonds is 6. The molecule has 0 aliphatic heterocycles. The number of hydrogen-bond acceptors (Lipinski definition) is 1. The second-order valence-corrected chi connectivity index (χ2v) is 18.1. The Hall–Kier alpha value is -8.35. The highest BCUT2D eigenvalue weighted by molar-refractivity contribution is 6.12. The van der Waals surface area contributed by atoms with E-state index in [1.165, 1.54) is 11.6 Å². The molecule has 0 radical (unpaired) electrons. The summed E-state index contributed by atoms with van der Waals surface area (Å²) in [5, 5.41) is 14.8. The van der Waals surface area contributed by atoms with E-state index in [9.17, 15) is 31.6 Å². The topological polar surface area (TPSA) is 33.6 Å². The highest BCUT2D eigenvalue weighted by Gasteiger charge is 2.38. The number of nitriles is 1. The maximum Gasteiger partial charge on any atom is 0.417 e. The van der Waals surface area contributed by atoms with Gasteiger partial charge in [0.2, 0.25) is 0 Å². The highest BCUT2D eigenvalue weighted by Crippen LogP contribution is 2.46. The molecule has 9 aromatic carbocycles. The van der Waals surface area contributed by atoms with Gasteiger partial charge in [0.1, 0.15) is 0 Å². The van der Waals surface area contributed by atoms with Crippen molar-refractivity contribution in [1.29, 1.82) is 5.26 Å². The van der Waals surface area contributed by atoms with Crippen LogP contribution in [0.25, 0.3) is 99.5 Å². The van der Waals surface area contributed by atoms with Crippen LogP contribution in [-0.4, -0.2) is 9.13 Å². The Morgan fingerprint density at radius 3 is 1.47 bits per heavy atom. The van der Waals surface area contributed by atoms with Crippen LogP contribution in [0.4, 0.5) is 26.3 Å². The van der Waals surface area contributed by atoms with Crippen molar-refractivity contribution in [2.45, 2.75) is 40.0 Å². The van der Waals surface area contributed by atoms with Crippen molar-refractivity contribution in [1.82, 2.24) is 9.13 Å². The molecule has 0 saturated carbocycles. The molecule has 70 heavy (non-hydrogen) atoms. The first-order chi connectivity index (χ1) is 33.6. The Bertz CT molecular complexity index is 3990. The molecule has 11 rings (SSSR count). The van der Waals surface area contributed by atoms with Crippen molar-refractivity contribution in [3.8, 4) is 62.0 Å². The van der Waals surface area contributed by atoms with Crippen LogP contribution in [-0.2, 0) is 12.4 Å². The molecule has 0 N–H and O–H groups in total. The minimum Gasteiger partial charge on any atom is -0.309 e. The monoisotopic (exact) mass is 929 g/mol. The van der Waals surface area contributed by atoms with E-state index in [1.807, 2.05) is 60.7 Å². The number of aromatic nitrogens is 2. The fourth-order valence-electron chi connectivity index (χ4n) is 10.4. The van der Waals surface area contributed by atoms with Crippen LogP contribution in [0.1, 0.15) is 38.9 Å². The molecule has 0 unspecified atom stereocenters. The lowest BCUT2D eigenvalue weighted by Crippen LogP contribution is -2.12. The van der Waals surface area contributed by atoms with E-state index in [0.29, 0.717) is 28.6 Å². The molecule has 0 bridgehead atoms. The van der Waals surface area contributed by atoms with Crippen LogP contribution in [0.15, 0.2) is 176 Å². The lowest BCUT2D eigenvalue weighted by atomic mass is 9.91. The van der Waals surface area contributed by atoms with Crippen LogP contribution in [0.2, 0.25) is 0 Å². The van der Waals surface area contributed by atoms with E-state index in [-0.39, 0.29) is 17.2 Å². The third kappa shape index (κ3) is 7.39. The van der Waals surface area contributed by atoms with E-state index in [0.717, 1.165) is 88.6 Å². The molecular formula is C61H41F6N3. The quantitative estimate of drug-likeness (QED) is 0.153. The number of halogens is 6. The van der Waals surface area contributed by atoms with Crippen molar-refractivity contribution in [2.24, 2.45) is 0 Å². The molecule has 0 amide bonds. The van der Waals surface area contributed by atoms with Gasteiger partial charge in [0.05, 0.1) is 50.5 Å². The van der Waals surface area contributed by atoms with E-state index >= 15 is 0 Å². The Labute approximate surface area is 399 Å². The fraction of sp³-hybridized carbons (Fsp3) is 0.0984. The summed E-state index contributed by atoms with van der Waals surface area (Å²) in [6, 6.07) is 55.6. The Balaban J connectivity index is 1.19. The minimum atomic E-state index is -5.12. The zero-order valence-corrected chi connectivity index (χ0v) is 38.4. The smallest absolute Gasteiger partial charge is 0.309 e. The van der Waals surface area contributed by atoms with Crippen molar-refractivity contribution in [3.63, 3.8) is 0 Å². The first kappa shape index (κ1) is 44.2. The first-order valence-electron chi connectivity index (χ1n) is 22.8. The number of para-hydroxylation sites is 2. The average Bonchev–Trinajstić information content (AvgIpc) is 3.85. The summed E-state index contributed by atoms with van der Waals surface area (Å²) >= 11 is 0. The summed E-state index contributed by atoms with van der Waals surface area (Å²) in [4.78, 5) is 0. The minimum absolute atomic E-state index is 0.0304. The second-order valence-electron chi connectivity index (χ2n) is 18.1. The van der Waals surface area contributed by atoms with E-state index < -0.39 is 29.0 Å². The van der Waals surface area contributed by atoms with Crippen LogP contribution in [0, 0.1) is 39.0 Å². The van der Waals surface area contributed by atoms with E-state index in [1.54, 1.807) is 18.2 Å². The molecule has 0 atom stereocenters. The van der Waals surface area contributed by atoms with Crippen LogP contribution < -0.4 is 0 Å². The van der Waals surface area contributed by atoms with Gasteiger partial charge < -0.3 is 9.13 Å². The van der Waals surface area contributed by atoms with Gasteiger partial charge >= 0.3 is 12.4 Å². The van der Waals surface area contributed by atoms with Crippen molar-refractivity contribution >= 4 is 43.6 Å². The number of nitrogens with zero attached hydrogens (tertiary/aromatic N) is 3. The maximum atomic E-state index is 14.9. The summed E-state index contributed by atoms with van der Waals surface area (Å²) in [5.41, 5.74) is 11.4. The summed E-state index contributed by atoms with van der Waals surface area (Å²) < 4.78 is 90.7. The number of hydrogen-bond donors (Lipinski definition) is 0. The molecule has 11 aromatic rings. The van der Waals surface area contributed by atoms with Crippen molar-refractivity contribution < 1.29 is 26.3 Å². The van der Waals surface area contributed by atoms with Gasteiger partial charge in [0, 0.05) is 38.4 Å². The Morgan fingerprint density at radius 1 is 0.400 bits per heavy atom. The van der Waals surface area contributed by atoms with Gasteiger partial charge in [-0.1, -0.05) is 108 Å². The first-order valence-corrected chi connectivity index (χ1v) is 22.8. The summed E-state index contributed by atoms with van der Waals surface area (Å²) in [5.74, 6) is 0. The SMILES string of the molecule is Cc1ccc(-c2ccc3c(c2)c2ccccc2n3-c2ccc(C#N)c(-c3cc(-c4ccc(C(F)(F)F)cc4C(F)(F)F)ccc3-n3c4ccccc4c4cc(-c5ccc(C)cc5C)ccc43)c2)c(C)c1. The van der Waals surface area contributed by atoms with Gasteiger partial charge in [-0.2, -0.15) is 31.6 Å². The Kier molecular flexibility index (Phi) is 10.4. The molecule has 0 saturated heterocycles. The van der Waals surface area contributed by atoms with Crippen molar-refractivity contribution in [2.75, 3.05) is 0 Å². The molecule has 9 heteroatoms. The summed E-state index contributed by atoms with van der Waals surface area (Å²) in [6.07, 6.45) is -10.1. The lowest BCUT2D eigenvalue weighted by molar-refractivity contribution is -0.142. The number of fused-ring (bicyclic) bond motifs is 6. The zero-order valence-electron chi connectivity index (χ0n) is 38.4. The largest absolute Gasteiger partial charge is 0.417 e. The fourth-order valence-corrected chi connectivity index (χ4v) is 10.4. The van der Waals surface area contributed by atoms with Crippen molar-refractivity contribution in [3.05, 3.63) is 215 Å². The van der Waals surface area contributed by atoms with Crippen LogP contribution in [0.3, 0.4) is 0 Å². The molecule has 0 spiro atoms. The highest BCUT2D eigenvalue weighted by atomic mass is 19.4. The number of benzene rings is 9. The van der Waals surface area contributed by atoms with Crippen LogP contribution in [0.5, 0.6) is 0 Å². The third-order valence-corrected chi connectivity index (χ3v) is 13.6. The number of aryl methyl sites for hydroxylation is 4. The van der Waals surface area contributed by atoms with Gasteiger partial charge in [-0.3, -0.25) is 0 Å². The predicted octanol–water partition coefficient (Wildman–Crippen LogP) is 17.7. The molecular weight excluding hydrogens is 889 g/mol. The van der Waals surface area contributed by atoms with Gasteiger partial charge in [-0.25, -0.2) is 0 Å². The van der Waals surface area contributed by atoms with E-state index in [4.69, 9.17) is 0 Å². The summed E-state index contributed by atoms with van der Waals surface area (Å²) in [6.45, 7) is 8.30. The van der Waals surface area contributed by atoms with Gasteiger partial charge in [-0.05, 0) is 151 Å². The normalized spacial score (nSPS) is 12.1. The van der Waals surface area contributed by atoms with Gasteiger partial charge in [0.25, 0.3) is 0 Å². The average molecular weight is 930 g/mol.